The second-order valence-electron chi connectivity index (χ2n) is 5.15. The topological polar surface area (TPSA) is 74.8 Å². The second-order valence-corrected chi connectivity index (χ2v) is 8.17. The number of hydrogen-bond donors (Lipinski definition) is 2. The fraction of sp³-hybridized carbons (Fsp3) is 0.188. The van der Waals surface area contributed by atoms with Gasteiger partial charge < -0.3 is 10.3 Å². The molecule has 3 aromatic rings. The monoisotopic (exact) mass is 423 g/mol. The maximum Gasteiger partial charge on any atom is 0.260 e. The molecule has 2 N–H and O–H groups in total. The summed E-state index contributed by atoms with van der Waals surface area (Å²) in [6.07, 6.45) is 0. The molecule has 0 unspecified atom stereocenters. The molecule has 0 radical (unpaired) electrons. The predicted octanol–water partition coefficient (Wildman–Crippen LogP) is 4.09. The Morgan fingerprint density at radius 2 is 2.12 bits per heavy atom. The first-order valence-electron chi connectivity index (χ1n) is 7.13. The van der Waals surface area contributed by atoms with E-state index in [9.17, 15) is 9.59 Å². The van der Waals surface area contributed by atoms with Gasteiger partial charge in [0.25, 0.3) is 5.56 Å². The number of para-hydroxylation sites is 1. The Hall–Kier alpha value is -1.64. The molecular formula is C16H14BrN3O2S2. The van der Waals surface area contributed by atoms with E-state index in [1.54, 1.807) is 0 Å². The molecule has 1 amide bonds. The molecule has 0 saturated carbocycles. The first-order valence-corrected chi connectivity index (χ1v) is 9.72. The molecule has 3 rings (SSSR count). The predicted molar refractivity (Wildman–Crippen MR) is 103 cm³/mol. The van der Waals surface area contributed by atoms with Gasteiger partial charge in [-0.1, -0.05) is 23.9 Å². The van der Waals surface area contributed by atoms with Crippen LogP contribution >= 0.6 is 39.0 Å². The lowest BCUT2D eigenvalue weighted by Gasteiger charge is -2.06. The molecule has 0 aliphatic rings. The molecule has 0 aliphatic carbocycles. The molecule has 5 nitrogen and oxygen atoms in total. The second kappa shape index (κ2) is 7.08. The molecule has 24 heavy (non-hydrogen) atoms. The maximum atomic E-state index is 12.2. The van der Waals surface area contributed by atoms with E-state index in [0.717, 1.165) is 14.9 Å². The molecule has 0 saturated heterocycles. The van der Waals surface area contributed by atoms with Gasteiger partial charge in [-0.05, 0) is 47.5 Å². The number of benzene rings is 1. The lowest BCUT2D eigenvalue weighted by atomic mass is 10.2. The van der Waals surface area contributed by atoms with Crippen molar-refractivity contribution in [3.05, 3.63) is 49.5 Å². The highest BCUT2D eigenvalue weighted by Crippen LogP contribution is 2.27. The standard InChI is InChI=1S/C16H14BrN3O2S2/c1-8-9(2)24-15-13(8)14(22)19-16(20-15)23-7-12(21)18-11-6-4-3-5-10(11)17/h3-6H,7H2,1-2H3,(H,18,21)(H,19,20,22). The SMILES string of the molecule is Cc1sc2nc(SCC(=O)Nc3ccccc3Br)[nH]c(=O)c2c1C. The normalized spacial score (nSPS) is 11.0. The fourth-order valence-corrected chi connectivity index (χ4v) is 4.32. The number of H-pyrrole nitrogens is 1. The van der Waals surface area contributed by atoms with Crippen LogP contribution in [0.5, 0.6) is 0 Å². The lowest BCUT2D eigenvalue weighted by Crippen LogP contribution is -2.15. The molecule has 0 bridgehead atoms. The number of thiophene rings is 1. The van der Waals surface area contributed by atoms with Crippen molar-refractivity contribution in [3.63, 3.8) is 0 Å². The van der Waals surface area contributed by atoms with Gasteiger partial charge >= 0.3 is 0 Å². The lowest BCUT2D eigenvalue weighted by molar-refractivity contribution is -0.113. The first kappa shape index (κ1) is 17.2. The van der Waals surface area contributed by atoms with Crippen LogP contribution in [0.15, 0.2) is 38.7 Å². The summed E-state index contributed by atoms with van der Waals surface area (Å²) in [5, 5.41) is 3.91. The van der Waals surface area contributed by atoms with E-state index >= 15 is 0 Å². The van der Waals surface area contributed by atoms with Gasteiger partial charge in [0.2, 0.25) is 5.91 Å². The van der Waals surface area contributed by atoms with Crippen molar-refractivity contribution in [2.75, 3.05) is 11.1 Å². The van der Waals surface area contributed by atoms with Crippen molar-refractivity contribution in [2.45, 2.75) is 19.0 Å². The van der Waals surface area contributed by atoms with Crippen LogP contribution in [-0.4, -0.2) is 21.6 Å². The molecule has 2 heterocycles. The summed E-state index contributed by atoms with van der Waals surface area (Å²) in [6, 6.07) is 7.40. The number of carbonyl (C=O) groups is 1. The number of aromatic nitrogens is 2. The molecule has 0 aliphatic heterocycles. The molecule has 2 aromatic heterocycles. The Balaban J connectivity index is 1.73. The minimum absolute atomic E-state index is 0.157. The number of hydrogen-bond acceptors (Lipinski definition) is 5. The van der Waals surface area contributed by atoms with E-state index in [1.807, 2.05) is 38.1 Å². The number of nitrogens with zero attached hydrogens (tertiary/aromatic N) is 1. The number of amides is 1. The summed E-state index contributed by atoms with van der Waals surface area (Å²) in [5.74, 6) is 0.00671. The van der Waals surface area contributed by atoms with Crippen LogP contribution in [0.2, 0.25) is 0 Å². The number of rotatable bonds is 4. The fourth-order valence-electron chi connectivity index (χ4n) is 2.19. The van der Waals surface area contributed by atoms with Crippen molar-refractivity contribution in [3.8, 4) is 0 Å². The number of thioether (sulfide) groups is 1. The average molecular weight is 424 g/mol. The summed E-state index contributed by atoms with van der Waals surface area (Å²) >= 11 is 6.09. The highest BCUT2D eigenvalue weighted by atomic mass is 79.9. The average Bonchev–Trinajstić information content (AvgIpc) is 2.82. The molecule has 0 spiro atoms. The number of anilines is 1. The zero-order chi connectivity index (χ0) is 17.3. The van der Waals surface area contributed by atoms with Crippen LogP contribution in [-0.2, 0) is 4.79 Å². The number of aryl methyl sites for hydroxylation is 2. The number of halogens is 1. The number of carbonyl (C=O) groups excluding carboxylic acids is 1. The highest BCUT2D eigenvalue weighted by Gasteiger charge is 2.13. The van der Waals surface area contributed by atoms with Gasteiger partial charge in [-0.25, -0.2) is 4.98 Å². The van der Waals surface area contributed by atoms with Gasteiger partial charge in [0.15, 0.2) is 5.16 Å². The molecule has 0 atom stereocenters. The minimum atomic E-state index is -0.159. The molecule has 1 aromatic carbocycles. The quantitative estimate of drug-likeness (QED) is 0.489. The van der Waals surface area contributed by atoms with E-state index in [1.165, 1.54) is 23.1 Å². The van der Waals surface area contributed by atoms with Crippen molar-refractivity contribution in [1.29, 1.82) is 0 Å². The summed E-state index contributed by atoms with van der Waals surface area (Å²) in [7, 11) is 0. The van der Waals surface area contributed by atoms with Gasteiger partial charge in [-0.15, -0.1) is 11.3 Å². The largest absolute Gasteiger partial charge is 0.324 e. The molecular weight excluding hydrogens is 410 g/mol. The third-order valence-corrected chi connectivity index (χ3v) is 6.17. The van der Waals surface area contributed by atoms with Gasteiger partial charge in [0.05, 0.1) is 16.8 Å². The Kier molecular flexibility index (Phi) is 5.07. The van der Waals surface area contributed by atoms with Gasteiger partial charge in [0.1, 0.15) is 4.83 Å². The third kappa shape index (κ3) is 3.55. The maximum absolute atomic E-state index is 12.2. The van der Waals surface area contributed by atoms with Crippen LogP contribution in [0, 0.1) is 13.8 Å². The highest BCUT2D eigenvalue weighted by molar-refractivity contribution is 9.10. The van der Waals surface area contributed by atoms with Crippen LogP contribution in [0.1, 0.15) is 10.4 Å². The van der Waals surface area contributed by atoms with Crippen molar-refractivity contribution >= 4 is 60.8 Å². The summed E-state index contributed by atoms with van der Waals surface area (Å²) in [4.78, 5) is 33.3. The third-order valence-electron chi connectivity index (χ3n) is 3.51. The smallest absolute Gasteiger partial charge is 0.260 e. The van der Waals surface area contributed by atoms with Crippen LogP contribution < -0.4 is 10.9 Å². The zero-order valence-electron chi connectivity index (χ0n) is 13.0. The first-order chi connectivity index (χ1) is 11.5. The van der Waals surface area contributed by atoms with E-state index in [2.05, 4.69) is 31.2 Å². The van der Waals surface area contributed by atoms with Gasteiger partial charge in [-0.3, -0.25) is 9.59 Å². The number of aromatic amines is 1. The van der Waals surface area contributed by atoms with E-state index in [-0.39, 0.29) is 17.2 Å². The molecule has 124 valence electrons. The Morgan fingerprint density at radius 3 is 2.88 bits per heavy atom. The van der Waals surface area contributed by atoms with E-state index in [4.69, 9.17) is 0 Å². The summed E-state index contributed by atoms with van der Waals surface area (Å²) in [5.41, 5.74) is 1.52. The minimum Gasteiger partial charge on any atom is -0.324 e. The number of nitrogens with one attached hydrogen (secondary N) is 2. The van der Waals surface area contributed by atoms with E-state index < -0.39 is 0 Å². The number of fused-ring (bicyclic) bond motifs is 1. The zero-order valence-corrected chi connectivity index (χ0v) is 16.2. The van der Waals surface area contributed by atoms with Crippen LogP contribution in [0.4, 0.5) is 5.69 Å². The molecule has 8 heteroatoms. The summed E-state index contributed by atoms with van der Waals surface area (Å²) < 4.78 is 0.820. The van der Waals surface area contributed by atoms with Gasteiger partial charge in [-0.2, -0.15) is 0 Å². The van der Waals surface area contributed by atoms with E-state index in [0.29, 0.717) is 21.1 Å². The van der Waals surface area contributed by atoms with Gasteiger partial charge in [0, 0.05) is 9.35 Å². The Morgan fingerprint density at radius 1 is 1.38 bits per heavy atom. The van der Waals surface area contributed by atoms with Crippen molar-refractivity contribution in [2.24, 2.45) is 0 Å². The Bertz CT molecular complexity index is 981. The summed E-state index contributed by atoms with van der Waals surface area (Å²) in [6.45, 7) is 3.89. The van der Waals surface area contributed by atoms with Crippen LogP contribution in [0.25, 0.3) is 10.2 Å². The van der Waals surface area contributed by atoms with Crippen molar-refractivity contribution in [1.82, 2.24) is 9.97 Å². The van der Waals surface area contributed by atoms with Crippen molar-refractivity contribution < 1.29 is 4.79 Å². The van der Waals surface area contributed by atoms with Crippen LogP contribution in [0.3, 0.4) is 0 Å². The molecule has 0 fully saturated rings. The Labute approximate surface area is 155 Å².